The van der Waals surface area contributed by atoms with Crippen molar-refractivity contribution in [2.75, 3.05) is 23.0 Å². The predicted octanol–water partition coefficient (Wildman–Crippen LogP) is 6.04. The Labute approximate surface area is 261 Å². The summed E-state index contributed by atoms with van der Waals surface area (Å²) in [5, 5.41) is 10.8. The Hall–Kier alpha value is -4.45. The number of hydrogen-bond donors (Lipinski definition) is 3. The van der Waals surface area contributed by atoms with Crippen LogP contribution in [0.4, 0.5) is 10.8 Å². The van der Waals surface area contributed by atoms with E-state index in [1.807, 2.05) is 6.07 Å². The fourth-order valence-electron chi connectivity index (χ4n) is 3.68. The molecular formula is C31H27ClN4O5S2. The molecule has 0 radical (unpaired) electrons. The molecular weight excluding hydrogens is 608 g/mol. The standard InChI is InChI=1S/C31H27ClN4O5S2/c1-2-41-28(38)17-24-18-43-31(34-24)36-27(37)19-42-25-13-7-12-23(16-25)33-30(40)26(15-20-8-6-11-22(32)14-20)35-29(39)21-9-4-3-5-10-21/h3-16,18H,2,17,19H2,1H3,(H,33,40)(H,35,39)(H,34,36,37)/b26-15-. The Bertz CT molecular complexity index is 1640. The number of esters is 1. The second kappa shape index (κ2) is 15.7. The summed E-state index contributed by atoms with van der Waals surface area (Å²) < 4.78 is 4.92. The van der Waals surface area contributed by atoms with E-state index in [4.69, 9.17) is 16.3 Å². The molecule has 9 nitrogen and oxygen atoms in total. The largest absolute Gasteiger partial charge is 0.466 e. The van der Waals surface area contributed by atoms with Gasteiger partial charge in [-0.2, -0.15) is 0 Å². The number of aromatic nitrogens is 1. The van der Waals surface area contributed by atoms with E-state index in [0.29, 0.717) is 39.3 Å². The van der Waals surface area contributed by atoms with Gasteiger partial charge in [-0.15, -0.1) is 23.1 Å². The Morgan fingerprint density at radius 1 is 0.977 bits per heavy atom. The van der Waals surface area contributed by atoms with Crippen LogP contribution < -0.4 is 16.0 Å². The number of hydrogen-bond acceptors (Lipinski definition) is 8. The average Bonchev–Trinajstić information content (AvgIpc) is 3.42. The van der Waals surface area contributed by atoms with Crippen LogP contribution in [-0.4, -0.2) is 41.0 Å². The molecule has 4 rings (SSSR count). The number of rotatable bonds is 12. The molecule has 0 saturated carbocycles. The van der Waals surface area contributed by atoms with Gasteiger partial charge in [0.25, 0.3) is 11.8 Å². The molecule has 3 N–H and O–H groups in total. The van der Waals surface area contributed by atoms with Gasteiger partial charge in [0.15, 0.2) is 5.13 Å². The first-order valence-corrected chi connectivity index (χ1v) is 15.3. The highest BCUT2D eigenvalue weighted by molar-refractivity contribution is 8.00. The van der Waals surface area contributed by atoms with Crippen LogP contribution in [0.1, 0.15) is 28.5 Å². The van der Waals surface area contributed by atoms with Crippen LogP contribution in [0, 0.1) is 0 Å². The van der Waals surface area contributed by atoms with Crippen molar-refractivity contribution in [3.63, 3.8) is 0 Å². The predicted molar refractivity (Wildman–Crippen MR) is 170 cm³/mol. The van der Waals surface area contributed by atoms with Crippen molar-refractivity contribution in [2.24, 2.45) is 0 Å². The molecule has 1 aromatic heterocycles. The number of thiazole rings is 1. The average molecular weight is 635 g/mol. The van der Waals surface area contributed by atoms with Gasteiger partial charge in [0.2, 0.25) is 5.91 Å². The molecule has 0 aliphatic rings. The van der Waals surface area contributed by atoms with Crippen molar-refractivity contribution < 1.29 is 23.9 Å². The highest BCUT2D eigenvalue weighted by Crippen LogP contribution is 2.23. The van der Waals surface area contributed by atoms with Gasteiger partial charge in [0, 0.05) is 26.5 Å². The van der Waals surface area contributed by atoms with E-state index >= 15 is 0 Å². The fraction of sp³-hybridized carbons (Fsp3) is 0.129. The van der Waals surface area contributed by atoms with Gasteiger partial charge in [-0.1, -0.05) is 48.0 Å². The molecule has 4 aromatic rings. The molecule has 0 fully saturated rings. The maximum absolute atomic E-state index is 13.3. The lowest BCUT2D eigenvalue weighted by Gasteiger charge is -2.12. The first kappa shape index (κ1) is 31.5. The topological polar surface area (TPSA) is 126 Å². The Balaban J connectivity index is 1.39. The SMILES string of the molecule is CCOC(=O)Cc1csc(NC(=O)CSc2cccc(NC(=O)/C(=C/c3cccc(Cl)c3)NC(=O)c3ccccc3)c2)n1. The number of thioether (sulfide) groups is 1. The van der Waals surface area contributed by atoms with Gasteiger partial charge in [0.05, 0.1) is 24.5 Å². The molecule has 0 unspecified atom stereocenters. The Kier molecular flexibility index (Phi) is 11.5. The molecule has 3 amide bonds. The molecule has 3 aromatic carbocycles. The van der Waals surface area contributed by atoms with Crippen LogP contribution in [-0.2, 0) is 25.5 Å². The van der Waals surface area contributed by atoms with Crippen LogP contribution in [0.3, 0.4) is 0 Å². The monoisotopic (exact) mass is 634 g/mol. The van der Waals surface area contributed by atoms with Gasteiger partial charge >= 0.3 is 5.97 Å². The minimum atomic E-state index is -0.536. The third-order valence-corrected chi connectivity index (χ3v) is 7.61. The zero-order valence-electron chi connectivity index (χ0n) is 23.0. The summed E-state index contributed by atoms with van der Waals surface area (Å²) in [4.78, 5) is 55.3. The first-order valence-electron chi connectivity index (χ1n) is 13.1. The van der Waals surface area contributed by atoms with Crippen LogP contribution in [0.15, 0.2) is 94.8 Å². The van der Waals surface area contributed by atoms with E-state index < -0.39 is 11.8 Å². The van der Waals surface area contributed by atoms with E-state index in [9.17, 15) is 19.2 Å². The van der Waals surface area contributed by atoms with Crippen molar-refractivity contribution in [3.05, 3.63) is 112 Å². The number of carbonyl (C=O) groups excluding carboxylic acids is 4. The van der Waals surface area contributed by atoms with Gasteiger partial charge in [0.1, 0.15) is 5.70 Å². The molecule has 0 aliphatic heterocycles. The Morgan fingerprint density at radius 2 is 1.77 bits per heavy atom. The first-order chi connectivity index (χ1) is 20.8. The van der Waals surface area contributed by atoms with Crippen molar-refractivity contribution in [3.8, 4) is 0 Å². The van der Waals surface area contributed by atoms with Gasteiger partial charge in [-0.3, -0.25) is 19.2 Å². The second-order valence-corrected chi connectivity index (χ2v) is 11.2. The van der Waals surface area contributed by atoms with Crippen molar-refractivity contribution in [1.29, 1.82) is 0 Å². The lowest BCUT2D eigenvalue weighted by Crippen LogP contribution is -2.30. The van der Waals surface area contributed by atoms with Crippen molar-refractivity contribution >= 4 is 75.3 Å². The van der Waals surface area contributed by atoms with Crippen LogP contribution >= 0.6 is 34.7 Å². The molecule has 0 bridgehead atoms. The highest BCUT2D eigenvalue weighted by atomic mass is 35.5. The summed E-state index contributed by atoms with van der Waals surface area (Å²) >= 11 is 8.62. The van der Waals surface area contributed by atoms with E-state index in [-0.39, 0.29) is 29.7 Å². The molecule has 1 heterocycles. The minimum Gasteiger partial charge on any atom is -0.466 e. The van der Waals surface area contributed by atoms with E-state index in [2.05, 4.69) is 20.9 Å². The van der Waals surface area contributed by atoms with Crippen LogP contribution in [0.25, 0.3) is 6.08 Å². The molecule has 12 heteroatoms. The third-order valence-electron chi connectivity index (χ3n) is 5.58. The van der Waals surface area contributed by atoms with Gasteiger partial charge in [-0.05, 0) is 61.0 Å². The number of ether oxygens (including phenoxy) is 1. The summed E-state index contributed by atoms with van der Waals surface area (Å²) in [6, 6.07) is 22.5. The molecule has 0 saturated heterocycles. The number of nitrogens with zero attached hydrogens (tertiary/aromatic N) is 1. The number of amides is 3. The maximum atomic E-state index is 13.3. The lowest BCUT2D eigenvalue weighted by molar-refractivity contribution is -0.142. The van der Waals surface area contributed by atoms with E-state index in [1.54, 1.807) is 91.2 Å². The fourth-order valence-corrected chi connectivity index (χ4v) is 5.36. The summed E-state index contributed by atoms with van der Waals surface area (Å²) in [6.07, 6.45) is 1.58. The summed E-state index contributed by atoms with van der Waals surface area (Å²) in [5.41, 5.74) is 2.06. The van der Waals surface area contributed by atoms with E-state index in [0.717, 1.165) is 4.90 Å². The second-order valence-electron chi connectivity index (χ2n) is 8.88. The lowest BCUT2D eigenvalue weighted by atomic mass is 10.1. The highest BCUT2D eigenvalue weighted by Gasteiger charge is 2.16. The minimum absolute atomic E-state index is 0.0272. The number of nitrogens with one attached hydrogen (secondary N) is 3. The van der Waals surface area contributed by atoms with Crippen LogP contribution in [0.5, 0.6) is 0 Å². The summed E-state index contributed by atoms with van der Waals surface area (Å²) in [5.74, 6) is -1.53. The van der Waals surface area contributed by atoms with Gasteiger partial charge < -0.3 is 20.7 Å². The summed E-state index contributed by atoms with van der Waals surface area (Å²) in [6.45, 7) is 2.02. The number of anilines is 2. The third kappa shape index (κ3) is 10.1. The quantitative estimate of drug-likeness (QED) is 0.0985. The maximum Gasteiger partial charge on any atom is 0.311 e. The van der Waals surface area contributed by atoms with Gasteiger partial charge in [-0.25, -0.2) is 4.98 Å². The smallest absolute Gasteiger partial charge is 0.311 e. The molecule has 43 heavy (non-hydrogen) atoms. The number of carbonyl (C=O) groups is 4. The number of halogens is 1. The molecule has 0 aliphatic carbocycles. The number of benzene rings is 3. The van der Waals surface area contributed by atoms with Crippen molar-refractivity contribution in [2.45, 2.75) is 18.2 Å². The van der Waals surface area contributed by atoms with Crippen molar-refractivity contribution in [1.82, 2.24) is 10.3 Å². The van der Waals surface area contributed by atoms with E-state index in [1.165, 1.54) is 23.1 Å². The molecule has 0 atom stereocenters. The molecule has 0 spiro atoms. The summed E-state index contributed by atoms with van der Waals surface area (Å²) in [7, 11) is 0. The zero-order valence-corrected chi connectivity index (χ0v) is 25.4. The molecule has 220 valence electrons. The normalized spacial score (nSPS) is 11.0. The van der Waals surface area contributed by atoms with Crippen LogP contribution in [0.2, 0.25) is 5.02 Å². The Morgan fingerprint density at radius 3 is 2.53 bits per heavy atom. The zero-order chi connectivity index (χ0) is 30.6.